The predicted octanol–water partition coefficient (Wildman–Crippen LogP) is 0.942. The molecule has 0 unspecified atom stereocenters. The molecule has 1 aliphatic heterocycles. The quantitative estimate of drug-likeness (QED) is 0.886. The van der Waals surface area contributed by atoms with E-state index in [2.05, 4.69) is 17.2 Å². The van der Waals surface area contributed by atoms with Gasteiger partial charge in [0.25, 0.3) is 0 Å². The van der Waals surface area contributed by atoms with E-state index < -0.39 is 5.54 Å². The van der Waals surface area contributed by atoms with Gasteiger partial charge >= 0.3 is 0 Å². The fourth-order valence-corrected chi connectivity index (χ4v) is 2.84. The third-order valence-corrected chi connectivity index (χ3v) is 4.01. The molecular weight excluding hydrogens is 250 g/mol. The van der Waals surface area contributed by atoms with Crippen molar-refractivity contribution in [3.8, 4) is 0 Å². The van der Waals surface area contributed by atoms with Crippen LogP contribution in [0.25, 0.3) is 0 Å². The minimum absolute atomic E-state index is 0.0599. The summed E-state index contributed by atoms with van der Waals surface area (Å²) in [4.78, 5) is 30.8. The Morgan fingerprint density at radius 2 is 2.22 bits per heavy atom. The first-order valence-corrected chi connectivity index (χ1v) is 6.78. The third kappa shape index (κ3) is 2.53. The van der Waals surface area contributed by atoms with Gasteiger partial charge in [-0.1, -0.05) is 6.92 Å². The third-order valence-electron chi connectivity index (χ3n) is 2.88. The van der Waals surface area contributed by atoms with E-state index >= 15 is 0 Å². The molecule has 5 nitrogen and oxygen atoms in total. The van der Waals surface area contributed by atoms with Gasteiger partial charge in [-0.05, 0) is 20.3 Å². The standard InChI is InChI=1S/C12H17N3O2S/c1-4-8-5-13-10(18-8)7-15-6-9(16)14-12(2,3)11(15)17/h5H,4,6-7H2,1-3H3,(H,14,16). The summed E-state index contributed by atoms with van der Waals surface area (Å²) in [7, 11) is 0. The highest BCUT2D eigenvalue weighted by atomic mass is 32.1. The van der Waals surface area contributed by atoms with Gasteiger partial charge in [0.1, 0.15) is 17.1 Å². The Morgan fingerprint density at radius 3 is 2.83 bits per heavy atom. The van der Waals surface area contributed by atoms with Crippen molar-refractivity contribution in [1.29, 1.82) is 0 Å². The number of piperazine rings is 1. The molecule has 1 saturated heterocycles. The molecular formula is C12H17N3O2S. The zero-order chi connectivity index (χ0) is 13.3. The first kappa shape index (κ1) is 13.0. The van der Waals surface area contributed by atoms with Crippen LogP contribution in [0, 0.1) is 0 Å². The molecule has 18 heavy (non-hydrogen) atoms. The van der Waals surface area contributed by atoms with Crippen molar-refractivity contribution in [3.63, 3.8) is 0 Å². The number of amides is 2. The summed E-state index contributed by atoms with van der Waals surface area (Å²) in [6.07, 6.45) is 2.78. The van der Waals surface area contributed by atoms with E-state index in [4.69, 9.17) is 0 Å². The second-order valence-corrected chi connectivity index (χ2v) is 6.11. The summed E-state index contributed by atoms with van der Waals surface area (Å²) in [5, 5.41) is 3.57. The lowest BCUT2D eigenvalue weighted by molar-refractivity contribution is -0.148. The zero-order valence-corrected chi connectivity index (χ0v) is 11.6. The van der Waals surface area contributed by atoms with Crippen LogP contribution in [-0.2, 0) is 22.6 Å². The summed E-state index contributed by atoms with van der Waals surface area (Å²) < 4.78 is 0. The van der Waals surface area contributed by atoms with Crippen LogP contribution in [0.3, 0.4) is 0 Å². The number of carbonyl (C=O) groups is 2. The van der Waals surface area contributed by atoms with E-state index in [1.165, 1.54) is 4.88 Å². The van der Waals surface area contributed by atoms with Crippen LogP contribution < -0.4 is 5.32 Å². The van der Waals surface area contributed by atoms with Gasteiger partial charge in [0, 0.05) is 11.1 Å². The SMILES string of the molecule is CCc1cnc(CN2CC(=O)NC(C)(C)C2=O)s1. The first-order valence-electron chi connectivity index (χ1n) is 5.96. The van der Waals surface area contributed by atoms with E-state index in [1.54, 1.807) is 30.1 Å². The Labute approximate surface area is 110 Å². The zero-order valence-electron chi connectivity index (χ0n) is 10.8. The largest absolute Gasteiger partial charge is 0.341 e. The van der Waals surface area contributed by atoms with Gasteiger partial charge in [-0.25, -0.2) is 4.98 Å². The molecule has 0 atom stereocenters. The number of hydrogen-bond acceptors (Lipinski definition) is 4. The molecule has 1 N–H and O–H groups in total. The molecule has 0 aliphatic carbocycles. The Hall–Kier alpha value is -1.43. The molecule has 0 spiro atoms. The number of rotatable bonds is 3. The maximum Gasteiger partial charge on any atom is 0.248 e. The first-order chi connectivity index (χ1) is 8.42. The van der Waals surface area contributed by atoms with Crippen LogP contribution >= 0.6 is 11.3 Å². The van der Waals surface area contributed by atoms with Crippen molar-refractivity contribution in [2.24, 2.45) is 0 Å². The lowest BCUT2D eigenvalue weighted by atomic mass is 10.0. The molecule has 0 saturated carbocycles. The van der Waals surface area contributed by atoms with Crippen LogP contribution in [0.5, 0.6) is 0 Å². The highest BCUT2D eigenvalue weighted by Crippen LogP contribution is 2.19. The topological polar surface area (TPSA) is 62.3 Å². The summed E-state index contributed by atoms with van der Waals surface area (Å²) in [5.41, 5.74) is -0.819. The molecule has 1 aromatic rings. The molecule has 2 heterocycles. The lowest BCUT2D eigenvalue weighted by Gasteiger charge is -2.36. The number of aryl methyl sites for hydroxylation is 1. The Morgan fingerprint density at radius 1 is 1.50 bits per heavy atom. The Kier molecular flexibility index (Phi) is 3.38. The van der Waals surface area contributed by atoms with E-state index in [-0.39, 0.29) is 18.4 Å². The number of nitrogens with zero attached hydrogens (tertiary/aromatic N) is 2. The fourth-order valence-electron chi connectivity index (χ4n) is 1.96. The molecule has 2 rings (SSSR count). The van der Waals surface area contributed by atoms with Gasteiger partial charge in [-0.2, -0.15) is 0 Å². The molecule has 0 radical (unpaired) electrons. The van der Waals surface area contributed by atoms with Gasteiger partial charge in [0.05, 0.1) is 6.54 Å². The molecule has 0 aromatic carbocycles. The van der Waals surface area contributed by atoms with Crippen LogP contribution in [0.15, 0.2) is 6.20 Å². The number of aromatic nitrogens is 1. The second-order valence-electron chi connectivity index (χ2n) is 4.91. The molecule has 2 amide bonds. The number of nitrogens with one attached hydrogen (secondary N) is 1. The van der Waals surface area contributed by atoms with Crippen molar-refractivity contribution in [1.82, 2.24) is 15.2 Å². The van der Waals surface area contributed by atoms with Gasteiger partial charge in [-0.3, -0.25) is 9.59 Å². The van der Waals surface area contributed by atoms with Crippen LogP contribution in [-0.4, -0.2) is 33.8 Å². The maximum atomic E-state index is 12.2. The smallest absolute Gasteiger partial charge is 0.248 e. The average molecular weight is 267 g/mol. The summed E-state index contributed by atoms with van der Waals surface area (Å²) in [6, 6.07) is 0. The van der Waals surface area contributed by atoms with Crippen molar-refractivity contribution in [2.75, 3.05) is 6.54 Å². The summed E-state index contributed by atoms with van der Waals surface area (Å²) in [5.74, 6) is -0.179. The number of thiazole rings is 1. The molecule has 1 aromatic heterocycles. The molecule has 0 bridgehead atoms. The van der Waals surface area contributed by atoms with Crippen molar-refractivity contribution in [3.05, 3.63) is 16.1 Å². The predicted molar refractivity (Wildman–Crippen MR) is 69.1 cm³/mol. The van der Waals surface area contributed by atoms with Gasteiger partial charge in [0.2, 0.25) is 11.8 Å². The van der Waals surface area contributed by atoms with Gasteiger partial charge in [0.15, 0.2) is 0 Å². The number of carbonyl (C=O) groups excluding carboxylic acids is 2. The fraction of sp³-hybridized carbons (Fsp3) is 0.583. The molecule has 1 aliphatic rings. The van der Waals surface area contributed by atoms with Gasteiger partial charge < -0.3 is 10.2 Å². The van der Waals surface area contributed by atoms with Crippen molar-refractivity contribution < 1.29 is 9.59 Å². The second kappa shape index (κ2) is 4.68. The molecule has 1 fully saturated rings. The minimum Gasteiger partial charge on any atom is -0.341 e. The molecule has 6 heteroatoms. The minimum atomic E-state index is -0.819. The highest BCUT2D eigenvalue weighted by Gasteiger charge is 2.39. The molecule has 98 valence electrons. The summed E-state index contributed by atoms with van der Waals surface area (Å²) >= 11 is 1.59. The lowest BCUT2D eigenvalue weighted by Crippen LogP contribution is -2.63. The Bertz CT molecular complexity index is 481. The monoisotopic (exact) mass is 267 g/mol. The van der Waals surface area contributed by atoms with Crippen LogP contribution in [0.4, 0.5) is 0 Å². The van der Waals surface area contributed by atoms with E-state index in [0.29, 0.717) is 6.54 Å². The average Bonchev–Trinajstić information content (AvgIpc) is 2.72. The van der Waals surface area contributed by atoms with E-state index in [1.807, 2.05) is 6.20 Å². The Balaban J connectivity index is 2.12. The van der Waals surface area contributed by atoms with Crippen molar-refractivity contribution in [2.45, 2.75) is 39.3 Å². The van der Waals surface area contributed by atoms with Crippen LogP contribution in [0.2, 0.25) is 0 Å². The van der Waals surface area contributed by atoms with E-state index in [0.717, 1.165) is 11.4 Å². The normalized spacial score (nSPS) is 18.9. The maximum absolute atomic E-state index is 12.2. The summed E-state index contributed by atoms with van der Waals surface area (Å²) in [6.45, 7) is 6.04. The number of hydrogen-bond donors (Lipinski definition) is 1. The van der Waals surface area contributed by atoms with E-state index in [9.17, 15) is 9.59 Å². The highest BCUT2D eigenvalue weighted by molar-refractivity contribution is 7.11. The van der Waals surface area contributed by atoms with Gasteiger partial charge in [-0.15, -0.1) is 11.3 Å². The van der Waals surface area contributed by atoms with Crippen LogP contribution in [0.1, 0.15) is 30.7 Å². The van der Waals surface area contributed by atoms with Crippen molar-refractivity contribution >= 4 is 23.2 Å².